The molecular weight excluding hydrogens is 296 g/mol. The van der Waals surface area contributed by atoms with Crippen molar-refractivity contribution in [3.05, 3.63) is 22.1 Å². The number of carbonyl (C=O) groups is 1. The first kappa shape index (κ1) is 14.5. The van der Waals surface area contributed by atoms with Gasteiger partial charge < -0.3 is 4.98 Å². The first-order chi connectivity index (χ1) is 10.5. The molecule has 0 saturated heterocycles. The Kier molecular flexibility index (Phi) is 3.44. The fourth-order valence-electron chi connectivity index (χ4n) is 5.36. The predicted octanol–water partition coefficient (Wildman–Crippen LogP) is 2.96. The van der Waals surface area contributed by atoms with Crippen LogP contribution in [-0.2, 0) is 4.79 Å². The predicted molar refractivity (Wildman–Crippen MR) is 85.9 cm³/mol. The number of thioether (sulfide) groups is 1. The molecule has 4 aliphatic carbocycles. The molecule has 22 heavy (non-hydrogen) atoms. The van der Waals surface area contributed by atoms with Crippen molar-refractivity contribution in [3.8, 4) is 0 Å². The number of rotatable bonds is 4. The van der Waals surface area contributed by atoms with Crippen molar-refractivity contribution in [3.63, 3.8) is 0 Å². The van der Waals surface area contributed by atoms with Gasteiger partial charge in [-0.1, -0.05) is 11.8 Å². The number of ketones is 1. The van der Waals surface area contributed by atoms with E-state index in [1.54, 1.807) is 6.92 Å². The molecule has 0 unspecified atom stereocenters. The van der Waals surface area contributed by atoms with E-state index >= 15 is 0 Å². The van der Waals surface area contributed by atoms with Gasteiger partial charge in [-0.2, -0.15) is 0 Å². The molecule has 0 aromatic carbocycles. The number of nitrogens with one attached hydrogen (secondary N) is 1. The number of H-pyrrole nitrogens is 1. The number of aromatic nitrogens is 2. The fourth-order valence-corrected chi connectivity index (χ4v) is 6.31. The second-order valence-corrected chi connectivity index (χ2v) is 8.57. The molecule has 0 aliphatic heterocycles. The Balaban J connectivity index is 1.47. The third-order valence-electron chi connectivity index (χ3n) is 5.82. The zero-order chi connectivity index (χ0) is 15.3. The van der Waals surface area contributed by atoms with Crippen molar-refractivity contribution in [2.45, 2.75) is 50.6 Å². The first-order valence-corrected chi connectivity index (χ1v) is 9.25. The Morgan fingerprint density at radius 1 is 1.27 bits per heavy atom. The number of aromatic amines is 1. The van der Waals surface area contributed by atoms with Gasteiger partial charge in [0.1, 0.15) is 5.78 Å². The van der Waals surface area contributed by atoms with E-state index in [0.29, 0.717) is 22.4 Å². The van der Waals surface area contributed by atoms with Crippen molar-refractivity contribution in [2.24, 2.45) is 23.2 Å². The zero-order valence-electron chi connectivity index (χ0n) is 12.9. The molecule has 0 spiro atoms. The monoisotopic (exact) mass is 318 g/mol. The normalized spacial score (nSPS) is 35.8. The van der Waals surface area contributed by atoms with Crippen molar-refractivity contribution in [1.29, 1.82) is 0 Å². The molecule has 1 N–H and O–H groups in total. The molecule has 4 bridgehead atoms. The molecule has 5 rings (SSSR count). The highest BCUT2D eigenvalue weighted by molar-refractivity contribution is 7.99. The van der Waals surface area contributed by atoms with E-state index in [4.69, 9.17) is 0 Å². The van der Waals surface area contributed by atoms with Crippen LogP contribution >= 0.6 is 11.8 Å². The van der Waals surface area contributed by atoms with Gasteiger partial charge in [0.05, 0.1) is 5.75 Å². The molecule has 4 aliphatic rings. The molecule has 5 heteroatoms. The number of nitrogens with zero attached hydrogens (tertiary/aromatic N) is 1. The summed E-state index contributed by atoms with van der Waals surface area (Å²) in [7, 11) is 0. The number of aryl methyl sites for hydroxylation is 1. The van der Waals surface area contributed by atoms with Crippen molar-refractivity contribution >= 4 is 17.5 Å². The van der Waals surface area contributed by atoms with Gasteiger partial charge in [-0.3, -0.25) is 9.59 Å². The van der Waals surface area contributed by atoms with Crippen LogP contribution in [0.3, 0.4) is 0 Å². The van der Waals surface area contributed by atoms with Crippen LogP contribution in [0.25, 0.3) is 0 Å². The summed E-state index contributed by atoms with van der Waals surface area (Å²) >= 11 is 1.39. The van der Waals surface area contributed by atoms with E-state index in [9.17, 15) is 9.59 Å². The average molecular weight is 318 g/mol. The maximum Gasteiger partial charge on any atom is 0.251 e. The molecule has 1 aromatic rings. The Morgan fingerprint density at radius 3 is 2.41 bits per heavy atom. The Hall–Kier alpha value is -1.10. The SMILES string of the molecule is Cc1cc(=O)[nH]c(SCC(=O)C23CC4CC(CC(C4)C2)C3)n1. The van der Waals surface area contributed by atoms with Crippen LogP contribution in [0.2, 0.25) is 0 Å². The minimum atomic E-state index is -0.141. The van der Waals surface area contributed by atoms with Crippen LogP contribution in [0.5, 0.6) is 0 Å². The Morgan fingerprint density at radius 2 is 1.86 bits per heavy atom. The van der Waals surface area contributed by atoms with E-state index in [1.807, 2.05) is 0 Å². The zero-order valence-corrected chi connectivity index (χ0v) is 13.7. The third-order valence-corrected chi connectivity index (χ3v) is 6.69. The maximum absolute atomic E-state index is 12.9. The molecule has 0 radical (unpaired) electrons. The summed E-state index contributed by atoms with van der Waals surface area (Å²) in [4.78, 5) is 31.4. The summed E-state index contributed by atoms with van der Waals surface area (Å²) in [5.74, 6) is 3.20. The number of hydrogen-bond donors (Lipinski definition) is 1. The van der Waals surface area contributed by atoms with Gasteiger partial charge in [0.2, 0.25) is 0 Å². The van der Waals surface area contributed by atoms with Crippen LogP contribution in [0.15, 0.2) is 16.0 Å². The van der Waals surface area contributed by atoms with Gasteiger partial charge in [-0.25, -0.2) is 4.98 Å². The molecule has 0 atom stereocenters. The van der Waals surface area contributed by atoms with Gasteiger partial charge >= 0.3 is 0 Å². The summed E-state index contributed by atoms with van der Waals surface area (Å²) in [6, 6.07) is 1.48. The van der Waals surface area contributed by atoms with Gasteiger partial charge in [0.15, 0.2) is 5.16 Å². The molecule has 0 amide bonds. The summed E-state index contributed by atoms with van der Waals surface area (Å²) in [5, 5.41) is 0.572. The molecule has 4 saturated carbocycles. The highest BCUT2D eigenvalue weighted by Crippen LogP contribution is 2.60. The highest BCUT2D eigenvalue weighted by atomic mass is 32.2. The van der Waals surface area contributed by atoms with Crippen LogP contribution in [-0.4, -0.2) is 21.5 Å². The lowest BCUT2D eigenvalue weighted by Crippen LogP contribution is -2.50. The van der Waals surface area contributed by atoms with E-state index in [-0.39, 0.29) is 11.0 Å². The lowest BCUT2D eigenvalue weighted by atomic mass is 9.48. The highest BCUT2D eigenvalue weighted by Gasteiger charge is 2.54. The molecule has 118 valence electrons. The van der Waals surface area contributed by atoms with E-state index < -0.39 is 0 Å². The van der Waals surface area contributed by atoms with E-state index in [2.05, 4.69) is 9.97 Å². The molecular formula is C17H22N2O2S. The van der Waals surface area contributed by atoms with Crippen LogP contribution in [0.4, 0.5) is 0 Å². The van der Waals surface area contributed by atoms with Crippen molar-refractivity contribution in [2.75, 3.05) is 5.75 Å². The van der Waals surface area contributed by atoms with E-state index in [0.717, 1.165) is 37.0 Å². The smallest absolute Gasteiger partial charge is 0.251 e. The largest absolute Gasteiger partial charge is 0.301 e. The van der Waals surface area contributed by atoms with Gasteiger partial charge in [0, 0.05) is 17.2 Å². The Bertz CT molecular complexity index is 632. The van der Waals surface area contributed by atoms with Crippen LogP contribution in [0.1, 0.15) is 44.2 Å². The van der Waals surface area contributed by atoms with Gasteiger partial charge in [-0.15, -0.1) is 0 Å². The van der Waals surface area contributed by atoms with Gasteiger partial charge in [0.25, 0.3) is 5.56 Å². The second kappa shape index (κ2) is 5.22. The van der Waals surface area contributed by atoms with E-state index in [1.165, 1.54) is 37.1 Å². The third kappa shape index (κ3) is 2.53. The quantitative estimate of drug-likeness (QED) is 0.685. The number of carbonyl (C=O) groups excluding carboxylic acids is 1. The lowest BCUT2D eigenvalue weighted by molar-refractivity contribution is -0.141. The lowest BCUT2D eigenvalue weighted by Gasteiger charge is -2.56. The van der Waals surface area contributed by atoms with Crippen LogP contribution < -0.4 is 5.56 Å². The Labute approximate surface area is 134 Å². The second-order valence-electron chi connectivity index (χ2n) is 7.60. The summed E-state index contributed by atoms with van der Waals surface area (Å²) in [6.07, 6.45) is 7.38. The topological polar surface area (TPSA) is 62.8 Å². The summed E-state index contributed by atoms with van der Waals surface area (Å²) in [5.41, 5.74) is 0.511. The molecule has 4 fully saturated rings. The first-order valence-electron chi connectivity index (χ1n) is 8.26. The van der Waals surface area contributed by atoms with Gasteiger partial charge in [-0.05, 0) is 63.2 Å². The maximum atomic E-state index is 12.9. The minimum Gasteiger partial charge on any atom is -0.301 e. The number of Topliss-reactive ketones (excluding diaryl/α,β-unsaturated/α-hetero) is 1. The average Bonchev–Trinajstić information content (AvgIpc) is 2.42. The summed E-state index contributed by atoms with van der Waals surface area (Å²) in [6.45, 7) is 1.81. The molecule has 1 aromatic heterocycles. The molecule has 4 nitrogen and oxygen atoms in total. The number of hydrogen-bond acceptors (Lipinski definition) is 4. The minimum absolute atomic E-state index is 0.0497. The molecule has 1 heterocycles. The van der Waals surface area contributed by atoms with Crippen LogP contribution in [0, 0.1) is 30.1 Å². The summed E-state index contributed by atoms with van der Waals surface area (Å²) < 4.78 is 0. The fraction of sp³-hybridized carbons (Fsp3) is 0.706. The van der Waals surface area contributed by atoms with Crippen molar-refractivity contribution in [1.82, 2.24) is 9.97 Å². The van der Waals surface area contributed by atoms with Crippen molar-refractivity contribution < 1.29 is 4.79 Å². The standard InChI is InChI=1S/C17H22N2O2S/c1-10-2-15(21)19-16(18-10)22-9-14(20)17-6-11-3-12(7-17)5-13(4-11)8-17/h2,11-13H,3-9H2,1H3,(H,18,19,21).